The van der Waals surface area contributed by atoms with Crippen LogP contribution in [0.2, 0.25) is 0 Å². The summed E-state index contributed by atoms with van der Waals surface area (Å²) in [4.78, 5) is 0. The minimum atomic E-state index is -0.168. The number of thiophene rings is 1. The molecule has 3 heterocycles. The number of fused-ring (bicyclic) bond motifs is 10. The Kier molecular flexibility index (Phi) is 5.96. The van der Waals surface area contributed by atoms with Gasteiger partial charge in [0.1, 0.15) is 6.07 Å². The van der Waals surface area contributed by atoms with Crippen molar-refractivity contribution in [2.24, 2.45) is 5.92 Å². The van der Waals surface area contributed by atoms with Crippen LogP contribution in [0.4, 0.5) is 0 Å². The van der Waals surface area contributed by atoms with Crippen LogP contribution in [-0.4, -0.2) is 9.13 Å². The van der Waals surface area contributed by atoms with Crippen molar-refractivity contribution < 1.29 is 0 Å². The van der Waals surface area contributed by atoms with Gasteiger partial charge in [-0.25, -0.2) is 0 Å². The lowest BCUT2D eigenvalue weighted by Crippen LogP contribution is -2.08. The predicted molar refractivity (Wildman–Crippen MR) is 202 cm³/mol. The van der Waals surface area contributed by atoms with Gasteiger partial charge in [0.25, 0.3) is 0 Å². The molecule has 0 amide bonds. The molecule has 1 aliphatic carbocycles. The summed E-state index contributed by atoms with van der Waals surface area (Å²) in [6.45, 7) is 0. The maximum atomic E-state index is 10.5. The second-order valence-electron chi connectivity index (χ2n) is 12.7. The summed E-state index contributed by atoms with van der Waals surface area (Å²) in [5.74, 6) is -0.168. The maximum absolute atomic E-state index is 10.5. The Hall–Kier alpha value is -6.40. The molecule has 6 aromatic carbocycles. The molecule has 1 unspecified atom stereocenters. The van der Waals surface area contributed by atoms with Crippen LogP contribution in [0.15, 0.2) is 133 Å². The minimum Gasteiger partial charge on any atom is -0.308 e. The van der Waals surface area contributed by atoms with Gasteiger partial charge in [0.05, 0.1) is 44.5 Å². The number of nitriles is 2. The van der Waals surface area contributed by atoms with Gasteiger partial charge in [-0.1, -0.05) is 91.0 Å². The van der Waals surface area contributed by atoms with E-state index in [4.69, 9.17) is 0 Å². The number of hydrogen-bond donors (Lipinski definition) is 0. The topological polar surface area (TPSA) is 57.4 Å². The molecular formula is C44H26N4S. The molecule has 0 fully saturated rings. The van der Waals surface area contributed by atoms with E-state index in [0.717, 1.165) is 44.7 Å². The average Bonchev–Trinajstić information content (AvgIpc) is 3.82. The van der Waals surface area contributed by atoms with E-state index in [1.165, 1.54) is 42.0 Å². The van der Waals surface area contributed by atoms with E-state index in [-0.39, 0.29) is 5.92 Å². The van der Waals surface area contributed by atoms with Crippen LogP contribution in [0.3, 0.4) is 0 Å². The first kappa shape index (κ1) is 27.7. The zero-order valence-electron chi connectivity index (χ0n) is 26.3. The highest BCUT2D eigenvalue weighted by Gasteiger charge is 2.26. The highest BCUT2D eigenvalue weighted by atomic mass is 32.1. The lowest BCUT2D eigenvalue weighted by Gasteiger charge is -2.18. The molecule has 3 aromatic heterocycles. The Balaban J connectivity index is 1.24. The van der Waals surface area contributed by atoms with E-state index < -0.39 is 0 Å². The first-order chi connectivity index (χ1) is 24.2. The highest BCUT2D eigenvalue weighted by Crippen LogP contribution is 2.45. The van der Waals surface area contributed by atoms with E-state index in [0.29, 0.717) is 12.0 Å². The molecule has 1 aliphatic rings. The third-order valence-electron chi connectivity index (χ3n) is 10.1. The molecular weight excluding hydrogens is 617 g/mol. The molecule has 0 aliphatic heterocycles. The molecule has 4 nitrogen and oxygen atoms in total. The lowest BCUT2D eigenvalue weighted by molar-refractivity contribution is 0.809. The molecule has 9 aromatic rings. The number of allylic oxidation sites excluding steroid dienone is 1. The lowest BCUT2D eigenvalue weighted by atomic mass is 9.92. The van der Waals surface area contributed by atoms with Crippen LogP contribution in [0.25, 0.3) is 81.5 Å². The van der Waals surface area contributed by atoms with E-state index in [9.17, 15) is 10.5 Å². The highest BCUT2D eigenvalue weighted by molar-refractivity contribution is 7.26. The largest absolute Gasteiger partial charge is 0.308 e. The van der Waals surface area contributed by atoms with Gasteiger partial charge in [-0.3, -0.25) is 0 Å². The average molecular weight is 643 g/mol. The van der Waals surface area contributed by atoms with Gasteiger partial charge in [-0.15, -0.1) is 11.3 Å². The fraction of sp³-hybridized carbons (Fsp3) is 0.0455. The maximum Gasteiger partial charge on any atom is 0.101 e. The standard InChI is InChI=1S/C44H26N4S/c45-25-27-17-21-40-36(23-27)33-13-5-7-16-39(33)48(40)42-29(26-46)9-8-14-31(42)28-18-22-41-37(24-28)35-20-19-34-32-12-4-6-15-38(32)47(43(34)44(35)49-41)30-10-2-1-3-11-30/h1-22,24,27H,23H2. The van der Waals surface area contributed by atoms with Crippen molar-refractivity contribution in [2.45, 2.75) is 6.42 Å². The van der Waals surface area contributed by atoms with Crippen molar-refractivity contribution in [3.63, 3.8) is 0 Å². The second-order valence-corrected chi connectivity index (χ2v) is 13.7. The number of nitrogens with zero attached hydrogens (tertiary/aromatic N) is 4. The van der Waals surface area contributed by atoms with Gasteiger partial charge < -0.3 is 9.13 Å². The molecule has 10 rings (SSSR count). The van der Waals surface area contributed by atoms with Crippen LogP contribution in [0, 0.1) is 28.6 Å². The number of rotatable bonds is 3. The Morgan fingerprint density at radius 1 is 0.653 bits per heavy atom. The van der Waals surface area contributed by atoms with E-state index in [2.05, 4.69) is 130 Å². The summed E-state index contributed by atoms with van der Waals surface area (Å²) >= 11 is 1.84. The second kappa shape index (κ2) is 10.6. The number of hydrogen-bond acceptors (Lipinski definition) is 3. The van der Waals surface area contributed by atoms with Gasteiger partial charge in [-0.2, -0.15) is 10.5 Å². The molecule has 228 valence electrons. The summed E-state index contributed by atoms with van der Waals surface area (Å²) < 4.78 is 7.13. The number of para-hydroxylation sites is 4. The van der Waals surface area contributed by atoms with E-state index >= 15 is 0 Å². The fourth-order valence-electron chi connectivity index (χ4n) is 7.94. The van der Waals surface area contributed by atoms with Gasteiger partial charge in [0.2, 0.25) is 0 Å². The Morgan fingerprint density at radius 2 is 1.41 bits per heavy atom. The SMILES string of the molecule is N#Cc1cccc(-c2ccc3sc4c(ccc5c6ccccc6n(-c6ccccc6)c54)c3c2)c1-n1c2c(c3ccccc31)CC(C#N)C=C2. The summed E-state index contributed by atoms with van der Waals surface area (Å²) in [5.41, 5.74) is 10.3. The van der Waals surface area contributed by atoms with Crippen molar-refractivity contribution in [3.05, 3.63) is 150 Å². The smallest absolute Gasteiger partial charge is 0.101 e. The predicted octanol–water partition coefficient (Wildman–Crippen LogP) is 11.3. The number of benzene rings is 6. The van der Waals surface area contributed by atoms with Crippen LogP contribution in [-0.2, 0) is 6.42 Å². The summed E-state index contributed by atoms with van der Waals surface area (Å²) in [6.07, 6.45) is 4.71. The fourth-order valence-corrected chi connectivity index (χ4v) is 9.16. The van der Waals surface area contributed by atoms with E-state index in [1.807, 2.05) is 41.7 Å². The van der Waals surface area contributed by atoms with Gasteiger partial charge in [-0.05, 0) is 66.1 Å². The minimum absolute atomic E-state index is 0.168. The van der Waals surface area contributed by atoms with Crippen LogP contribution < -0.4 is 0 Å². The molecule has 0 bridgehead atoms. The van der Waals surface area contributed by atoms with Crippen LogP contribution >= 0.6 is 11.3 Å². The Bertz CT molecular complexity index is 2940. The van der Waals surface area contributed by atoms with Crippen molar-refractivity contribution in [2.75, 3.05) is 0 Å². The Labute approximate surface area is 286 Å². The summed E-state index contributed by atoms with van der Waals surface area (Å²) in [7, 11) is 0. The van der Waals surface area contributed by atoms with Crippen molar-refractivity contribution in [3.8, 4) is 34.6 Å². The van der Waals surface area contributed by atoms with Gasteiger partial charge in [0, 0.05) is 48.6 Å². The number of aromatic nitrogens is 2. The summed E-state index contributed by atoms with van der Waals surface area (Å²) in [5, 5.41) is 26.3. The van der Waals surface area contributed by atoms with Crippen LogP contribution in [0.5, 0.6) is 0 Å². The van der Waals surface area contributed by atoms with Crippen molar-refractivity contribution >= 4 is 70.3 Å². The van der Waals surface area contributed by atoms with Gasteiger partial charge in [0.15, 0.2) is 0 Å². The zero-order chi connectivity index (χ0) is 32.6. The van der Waals surface area contributed by atoms with Crippen molar-refractivity contribution in [1.82, 2.24) is 9.13 Å². The monoisotopic (exact) mass is 642 g/mol. The molecule has 0 N–H and O–H groups in total. The van der Waals surface area contributed by atoms with Crippen molar-refractivity contribution in [1.29, 1.82) is 10.5 Å². The Morgan fingerprint density at radius 3 is 2.22 bits per heavy atom. The molecule has 0 spiro atoms. The molecule has 1 atom stereocenters. The normalized spacial score (nSPS) is 14.1. The quantitative estimate of drug-likeness (QED) is 0.193. The van der Waals surface area contributed by atoms with E-state index in [1.54, 1.807) is 0 Å². The van der Waals surface area contributed by atoms with Gasteiger partial charge >= 0.3 is 0 Å². The summed E-state index contributed by atoms with van der Waals surface area (Å²) in [6, 6.07) is 49.9. The van der Waals surface area contributed by atoms with Crippen LogP contribution in [0.1, 0.15) is 16.8 Å². The third-order valence-corrected chi connectivity index (χ3v) is 11.3. The molecule has 0 saturated heterocycles. The first-order valence-corrected chi connectivity index (χ1v) is 17.2. The molecule has 0 saturated carbocycles. The third kappa shape index (κ3) is 3.94. The first-order valence-electron chi connectivity index (χ1n) is 16.4. The molecule has 5 heteroatoms. The zero-order valence-corrected chi connectivity index (χ0v) is 27.1. The molecule has 49 heavy (non-hydrogen) atoms. The molecule has 0 radical (unpaired) electrons.